The largest absolute Gasteiger partial charge is 0.497 e. The molecule has 1 saturated heterocycles. The number of thioether (sulfide) groups is 1. The van der Waals surface area contributed by atoms with E-state index in [9.17, 15) is 9.59 Å². The lowest BCUT2D eigenvalue weighted by molar-refractivity contribution is -0.130. The van der Waals surface area contributed by atoms with Crippen molar-refractivity contribution in [3.63, 3.8) is 0 Å². The Hall–Kier alpha value is -2.61. The summed E-state index contributed by atoms with van der Waals surface area (Å²) in [7, 11) is 5.21. The van der Waals surface area contributed by atoms with Gasteiger partial charge in [-0.3, -0.25) is 9.69 Å². The Bertz CT molecular complexity index is 1130. The Kier molecular flexibility index (Phi) is 5.86. The quantitative estimate of drug-likeness (QED) is 0.552. The molecule has 0 aromatic heterocycles. The number of allylic oxidation sites excluding steroid dienone is 2. The monoisotopic (exact) mass is 497 g/mol. The highest BCUT2D eigenvalue weighted by Gasteiger charge is 2.62. The summed E-state index contributed by atoms with van der Waals surface area (Å²) < 4.78 is 11.0. The highest BCUT2D eigenvalue weighted by atomic mass is 32.2. The average molecular weight is 498 g/mol. The number of hydrogen-bond acceptors (Lipinski definition) is 5. The first-order valence-electron chi connectivity index (χ1n) is 12.4. The van der Waals surface area contributed by atoms with Crippen LogP contribution in [0.1, 0.15) is 50.7 Å². The SMILES string of the molecule is CCN1C(=O)N2Cc3cc(OC)cc(OC)c3[C@@H](C)C=C2C1(C)CCN(C)C(=O)C12CC1C=CS2. The first kappa shape index (κ1) is 24.1. The minimum atomic E-state index is -0.504. The minimum Gasteiger partial charge on any atom is -0.497 e. The Morgan fingerprint density at radius 2 is 2.06 bits per heavy atom. The molecular formula is C27H35N3O4S. The fourth-order valence-corrected chi connectivity index (χ4v) is 7.43. The summed E-state index contributed by atoms with van der Waals surface area (Å²) in [6.07, 6.45) is 5.99. The molecule has 1 aromatic rings. The summed E-state index contributed by atoms with van der Waals surface area (Å²) in [5.41, 5.74) is 2.63. The van der Waals surface area contributed by atoms with E-state index in [-0.39, 0.29) is 22.6 Å². The minimum absolute atomic E-state index is 0.00784. The van der Waals surface area contributed by atoms with Gasteiger partial charge in [0.05, 0.1) is 26.3 Å². The molecule has 4 aliphatic rings. The molecule has 4 atom stereocenters. The maximum Gasteiger partial charge on any atom is 0.325 e. The third-order valence-electron chi connectivity index (χ3n) is 8.26. The Labute approximate surface area is 212 Å². The molecule has 7 nitrogen and oxygen atoms in total. The number of fused-ring (bicyclic) bond motifs is 3. The molecule has 0 N–H and O–H groups in total. The van der Waals surface area contributed by atoms with Crippen molar-refractivity contribution >= 4 is 23.7 Å². The van der Waals surface area contributed by atoms with Crippen molar-refractivity contribution in [1.29, 1.82) is 0 Å². The number of carbonyl (C=O) groups is 2. The van der Waals surface area contributed by atoms with Crippen molar-refractivity contribution in [2.24, 2.45) is 5.92 Å². The van der Waals surface area contributed by atoms with Crippen molar-refractivity contribution in [2.45, 2.75) is 56.4 Å². The summed E-state index contributed by atoms with van der Waals surface area (Å²) >= 11 is 1.66. The second-order valence-corrected chi connectivity index (χ2v) is 11.5. The standard InChI is InChI=1S/C27H35N3O4S/c1-7-30-25(32)29-16-18-13-20(33-5)14-21(34-6)23(18)17(2)12-22(29)26(30,3)9-10-28(4)24(31)27-15-19(27)8-11-35-27/h8,11-14,17,19H,7,9-10,15-16H2,1-6H3/t17-,19?,26?,27?/m0/s1. The van der Waals surface area contributed by atoms with Crippen molar-refractivity contribution in [2.75, 3.05) is 34.4 Å². The molecular weight excluding hydrogens is 462 g/mol. The van der Waals surface area contributed by atoms with E-state index in [0.717, 1.165) is 34.7 Å². The van der Waals surface area contributed by atoms with Crippen LogP contribution in [0.15, 0.2) is 35.4 Å². The molecule has 0 radical (unpaired) electrons. The van der Waals surface area contributed by atoms with Gasteiger partial charge in [0.25, 0.3) is 0 Å². The number of likely N-dealkylation sites (N-methyl/N-ethyl adjacent to an activating group) is 1. The first-order valence-corrected chi connectivity index (χ1v) is 13.2. The lowest BCUT2D eigenvalue weighted by atomic mass is 9.88. The molecule has 1 saturated carbocycles. The predicted molar refractivity (Wildman–Crippen MR) is 138 cm³/mol. The van der Waals surface area contributed by atoms with Crippen LogP contribution in [0.5, 0.6) is 11.5 Å². The van der Waals surface area contributed by atoms with Crippen LogP contribution < -0.4 is 9.47 Å². The zero-order valence-electron chi connectivity index (χ0n) is 21.5. The lowest BCUT2D eigenvalue weighted by Crippen LogP contribution is -2.47. The van der Waals surface area contributed by atoms with Crippen molar-refractivity contribution in [3.05, 3.63) is 46.5 Å². The number of amides is 3. The summed E-state index contributed by atoms with van der Waals surface area (Å²) in [6, 6.07) is 3.92. The van der Waals surface area contributed by atoms with E-state index in [4.69, 9.17) is 9.47 Å². The van der Waals surface area contributed by atoms with Gasteiger partial charge in [0.2, 0.25) is 5.91 Å². The summed E-state index contributed by atoms with van der Waals surface area (Å²) in [4.78, 5) is 32.6. The number of nitrogens with zero attached hydrogens (tertiary/aromatic N) is 3. The van der Waals surface area contributed by atoms with Gasteiger partial charge in [0.15, 0.2) is 0 Å². The molecule has 5 rings (SSSR count). The van der Waals surface area contributed by atoms with Crippen molar-refractivity contribution in [1.82, 2.24) is 14.7 Å². The number of urea groups is 1. The van der Waals surface area contributed by atoms with Crippen molar-refractivity contribution in [3.8, 4) is 11.5 Å². The molecule has 1 aromatic carbocycles. The topological polar surface area (TPSA) is 62.3 Å². The number of hydrogen-bond donors (Lipinski definition) is 0. The highest BCUT2D eigenvalue weighted by molar-refractivity contribution is 8.04. The van der Waals surface area contributed by atoms with Gasteiger partial charge in [-0.2, -0.15) is 0 Å². The molecule has 0 bridgehead atoms. The van der Waals surface area contributed by atoms with E-state index in [1.165, 1.54) is 0 Å². The fourth-order valence-electron chi connectivity index (χ4n) is 6.13. The van der Waals surface area contributed by atoms with Gasteiger partial charge < -0.3 is 19.3 Å². The van der Waals surface area contributed by atoms with E-state index < -0.39 is 5.54 Å². The normalized spacial score (nSPS) is 30.3. The van der Waals surface area contributed by atoms with Gasteiger partial charge in [-0.15, -0.1) is 11.8 Å². The molecule has 1 aliphatic carbocycles. The molecule has 0 spiro atoms. The summed E-state index contributed by atoms with van der Waals surface area (Å²) in [5, 5.41) is 2.06. The maximum atomic E-state index is 13.7. The number of methoxy groups -OCH3 is 2. The van der Waals surface area contributed by atoms with Crippen LogP contribution in [0.4, 0.5) is 4.79 Å². The van der Waals surface area contributed by atoms with E-state index >= 15 is 0 Å². The number of rotatable bonds is 7. The van der Waals surface area contributed by atoms with Crippen molar-refractivity contribution < 1.29 is 19.1 Å². The van der Waals surface area contributed by atoms with Crippen LogP contribution >= 0.6 is 11.8 Å². The molecule has 188 valence electrons. The number of benzene rings is 1. The molecule has 8 heteroatoms. The lowest BCUT2D eigenvalue weighted by Gasteiger charge is -2.36. The zero-order valence-corrected chi connectivity index (χ0v) is 22.3. The first-order chi connectivity index (χ1) is 16.7. The smallest absolute Gasteiger partial charge is 0.325 e. The zero-order chi connectivity index (χ0) is 25.1. The third kappa shape index (κ3) is 3.55. The van der Waals surface area contributed by atoms with Gasteiger partial charge in [0.1, 0.15) is 16.2 Å². The van der Waals surface area contributed by atoms with Crippen LogP contribution in [-0.2, 0) is 11.3 Å². The second-order valence-electron chi connectivity index (χ2n) is 10.3. The van der Waals surface area contributed by atoms with Gasteiger partial charge in [-0.1, -0.05) is 19.1 Å². The Morgan fingerprint density at radius 1 is 1.29 bits per heavy atom. The molecule has 3 unspecified atom stereocenters. The van der Waals surface area contributed by atoms with Crippen LogP contribution in [0.25, 0.3) is 0 Å². The predicted octanol–water partition coefficient (Wildman–Crippen LogP) is 4.59. The molecule has 3 aliphatic heterocycles. The van der Waals surface area contributed by atoms with Gasteiger partial charge in [-0.05, 0) is 43.7 Å². The van der Waals surface area contributed by atoms with Crippen LogP contribution in [0, 0.1) is 5.92 Å². The second kappa shape index (κ2) is 8.50. The average Bonchev–Trinajstić information content (AvgIpc) is 3.40. The third-order valence-corrected chi connectivity index (χ3v) is 9.62. The van der Waals surface area contributed by atoms with E-state index in [1.54, 1.807) is 26.0 Å². The van der Waals surface area contributed by atoms with Crippen LogP contribution in [0.3, 0.4) is 0 Å². The van der Waals surface area contributed by atoms with E-state index in [1.807, 2.05) is 40.8 Å². The van der Waals surface area contributed by atoms with E-state index in [0.29, 0.717) is 32.0 Å². The Balaban J connectivity index is 1.44. The maximum absolute atomic E-state index is 13.7. The van der Waals surface area contributed by atoms with Crippen LogP contribution in [0.2, 0.25) is 0 Å². The highest BCUT2D eigenvalue weighted by Crippen LogP contribution is 2.61. The van der Waals surface area contributed by atoms with Crippen LogP contribution in [-0.4, -0.2) is 71.3 Å². The Morgan fingerprint density at radius 3 is 2.66 bits per heavy atom. The van der Waals surface area contributed by atoms with Gasteiger partial charge in [-0.25, -0.2) is 4.79 Å². The van der Waals surface area contributed by atoms with Gasteiger partial charge in [0, 0.05) is 49.3 Å². The number of ether oxygens (including phenoxy) is 2. The molecule has 2 fully saturated rings. The summed E-state index contributed by atoms with van der Waals surface area (Å²) in [5.74, 6) is 2.14. The molecule has 3 amide bonds. The fraction of sp³-hybridized carbons (Fsp3) is 0.556. The van der Waals surface area contributed by atoms with E-state index in [2.05, 4.69) is 31.4 Å². The molecule has 3 heterocycles. The molecule has 35 heavy (non-hydrogen) atoms. The summed E-state index contributed by atoms with van der Waals surface area (Å²) in [6.45, 7) is 7.98. The number of carbonyl (C=O) groups excluding carboxylic acids is 2. The van der Waals surface area contributed by atoms with Gasteiger partial charge >= 0.3 is 6.03 Å².